The van der Waals surface area contributed by atoms with Gasteiger partial charge in [0.1, 0.15) is 22.8 Å². The zero-order valence-electron chi connectivity index (χ0n) is 19.7. The highest BCUT2D eigenvalue weighted by molar-refractivity contribution is 6.05. The van der Waals surface area contributed by atoms with Crippen LogP contribution in [0.4, 0.5) is 0 Å². The molecular formula is C26H24O11. The van der Waals surface area contributed by atoms with Crippen LogP contribution >= 0.6 is 0 Å². The van der Waals surface area contributed by atoms with Gasteiger partial charge in [-0.3, -0.25) is 4.79 Å². The molecule has 0 aromatic heterocycles. The number of rotatable bonds is 5. The van der Waals surface area contributed by atoms with E-state index in [0.717, 1.165) is 0 Å². The van der Waals surface area contributed by atoms with Crippen molar-refractivity contribution >= 4 is 5.78 Å². The molecule has 0 spiro atoms. The Bertz CT molecular complexity index is 1370. The second-order valence-electron chi connectivity index (χ2n) is 8.54. The number of Topliss-reactive ketones (excluding diaryl/α,β-unsaturated/α-hetero) is 1. The van der Waals surface area contributed by atoms with Crippen molar-refractivity contribution in [2.75, 3.05) is 20.8 Å². The number of carbonyl (C=O) groups is 1. The Labute approximate surface area is 210 Å². The molecule has 4 atom stereocenters. The van der Waals surface area contributed by atoms with Gasteiger partial charge < -0.3 is 49.2 Å². The lowest BCUT2D eigenvalue weighted by atomic mass is 9.92. The maximum absolute atomic E-state index is 12.9. The van der Waals surface area contributed by atoms with Crippen molar-refractivity contribution in [1.29, 1.82) is 0 Å². The van der Waals surface area contributed by atoms with Crippen LogP contribution in [0.15, 0.2) is 42.5 Å². The number of aliphatic hydroxyl groups excluding tert-OH is 2. The third kappa shape index (κ3) is 4.07. The summed E-state index contributed by atoms with van der Waals surface area (Å²) in [5.74, 6) is -1.16. The number of ketones is 1. The highest BCUT2D eigenvalue weighted by Gasteiger charge is 2.41. The van der Waals surface area contributed by atoms with Gasteiger partial charge in [0.05, 0.1) is 20.8 Å². The van der Waals surface area contributed by atoms with Crippen LogP contribution in [0.2, 0.25) is 0 Å². The molecule has 11 nitrogen and oxygen atoms in total. The van der Waals surface area contributed by atoms with Gasteiger partial charge >= 0.3 is 0 Å². The number of hydrogen-bond acceptors (Lipinski definition) is 11. The maximum atomic E-state index is 12.9. The topological polar surface area (TPSA) is 164 Å². The Hall–Kier alpha value is -4.35. The summed E-state index contributed by atoms with van der Waals surface area (Å²) in [6.07, 6.45) is -4.72. The van der Waals surface area contributed by atoms with Gasteiger partial charge in [-0.25, -0.2) is 0 Å². The molecule has 5 rings (SSSR count). The smallest absolute Gasteiger partial charge is 0.203 e. The van der Waals surface area contributed by atoms with Crippen molar-refractivity contribution in [2.24, 2.45) is 0 Å². The number of fused-ring (bicyclic) bond motifs is 2. The normalized spacial score (nSPS) is 22.1. The minimum Gasteiger partial charge on any atom is -0.507 e. The largest absolute Gasteiger partial charge is 0.507 e. The van der Waals surface area contributed by atoms with Gasteiger partial charge in [0, 0.05) is 23.3 Å². The fourth-order valence-electron chi connectivity index (χ4n) is 4.46. The van der Waals surface area contributed by atoms with E-state index in [-0.39, 0.29) is 51.4 Å². The predicted molar refractivity (Wildman–Crippen MR) is 126 cm³/mol. The lowest BCUT2D eigenvalue weighted by molar-refractivity contribution is -0.0148. The van der Waals surface area contributed by atoms with Crippen molar-refractivity contribution in [3.05, 3.63) is 59.2 Å². The Morgan fingerprint density at radius 3 is 2.27 bits per heavy atom. The SMILES string of the molecule is COc1cc(O)c2c(c1)OC(c1cc(O)c3c(c1)OC(c1ccc(O)c(OC)c1)C(CO)O3)C(O)C2=O. The van der Waals surface area contributed by atoms with E-state index in [0.29, 0.717) is 5.56 Å². The summed E-state index contributed by atoms with van der Waals surface area (Å²) >= 11 is 0. The van der Waals surface area contributed by atoms with E-state index in [1.54, 1.807) is 6.07 Å². The second-order valence-corrected chi connectivity index (χ2v) is 8.54. The molecule has 2 heterocycles. The van der Waals surface area contributed by atoms with E-state index in [9.17, 15) is 30.3 Å². The van der Waals surface area contributed by atoms with Gasteiger partial charge in [-0.2, -0.15) is 0 Å². The molecule has 0 saturated heterocycles. The molecule has 0 fully saturated rings. The molecule has 0 aliphatic carbocycles. The molecule has 0 radical (unpaired) electrons. The van der Waals surface area contributed by atoms with Crippen LogP contribution in [0.3, 0.4) is 0 Å². The molecule has 3 aromatic rings. The predicted octanol–water partition coefficient (Wildman–Crippen LogP) is 2.37. The molecular weight excluding hydrogens is 488 g/mol. The molecule has 37 heavy (non-hydrogen) atoms. The highest BCUT2D eigenvalue weighted by Crippen LogP contribution is 2.49. The summed E-state index contributed by atoms with van der Waals surface area (Å²) in [5.41, 5.74) is 0.529. The minimum absolute atomic E-state index is 0.000869. The number of aliphatic hydroxyl groups is 2. The standard InChI is InChI=1S/C26H24O11/c1-33-13-8-15(29)21-18(9-13)35-25(23(32)22(21)31)12-5-16(30)26-19(7-12)36-24(20(10-27)37-26)11-3-4-14(28)17(6-11)34-2/h3-9,20,23-25,27-30,32H,10H2,1-2H3. The first-order valence-electron chi connectivity index (χ1n) is 11.2. The number of hydrogen-bond donors (Lipinski definition) is 5. The number of carbonyl (C=O) groups excluding carboxylic acids is 1. The number of benzene rings is 3. The molecule has 3 aromatic carbocycles. The zero-order chi connectivity index (χ0) is 26.4. The summed E-state index contributed by atoms with van der Waals surface area (Å²) in [6.45, 7) is -0.449. The average molecular weight is 512 g/mol. The van der Waals surface area contributed by atoms with Crippen molar-refractivity contribution in [3.8, 4) is 46.0 Å². The molecule has 0 amide bonds. The number of aromatic hydroxyl groups is 3. The van der Waals surface area contributed by atoms with E-state index in [4.69, 9.17) is 23.7 Å². The zero-order valence-corrected chi connectivity index (χ0v) is 19.7. The van der Waals surface area contributed by atoms with Gasteiger partial charge in [-0.15, -0.1) is 0 Å². The van der Waals surface area contributed by atoms with Gasteiger partial charge in [-0.1, -0.05) is 6.07 Å². The first-order valence-corrected chi connectivity index (χ1v) is 11.2. The van der Waals surface area contributed by atoms with Gasteiger partial charge in [-0.05, 0) is 24.3 Å². The Morgan fingerprint density at radius 1 is 0.811 bits per heavy atom. The second kappa shape index (κ2) is 9.26. The molecule has 5 N–H and O–H groups in total. The van der Waals surface area contributed by atoms with Crippen molar-refractivity contribution in [2.45, 2.75) is 24.4 Å². The van der Waals surface area contributed by atoms with Crippen LogP contribution in [-0.4, -0.2) is 64.4 Å². The third-order valence-corrected chi connectivity index (χ3v) is 6.31. The van der Waals surface area contributed by atoms with Crippen molar-refractivity contribution < 1.29 is 54.0 Å². The number of methoxy groups -OCH3 is 2. The lowest BCUT2D eigenvalue weighted by Crippen LogP contribution is -2.37. The Morgan fingerprint density at radius 2 is 1.57 bits per heavy atom. The van der Waals surface area contributed by atoms with Gasteiger partial charge in [0.2, 0.25) is 11.5 Å². The quantitative estimate of drug-likeness (QED) is 0.341. The first-order chi connectivity index (χ1) is 17.7. The van der Waals surface area contributed by atoms with Crippen molar-refractivity contribution in [1.82, 2.24) is 0 Å². The van der Waals surface area contributed by atoms with Crippen LogP contribution in [-0.2, 0) is 0 Å². The molecule has 194 valence electrons. The van der Waals surface area contributed by atoms with Crippen LogP contribution < -0.4 is 23.7 Å². The summed E-state index contributed by atoms with van der Waals surface area (Å²) in [6, 6.07) is 9.86. The van der Waals surface area contributed by atoms with E-state index in [1.807, 2.05) is 0 Å². The van der Waals surface area contributed by atoms with E-state index in [2.05, 4.69) is 0 Å². The van der Waals surface area contributed by atoms with Gasteiger partial charge in [0.15, 0.2) is 47.4 Å². The maximum Gasteiger partial charge on any atom is 0.203 e. The average Bonchev–Trinajstić information content (AvgIpc) is 2.89. The third-order valence-electron chi connectivity index (χ3n) is 6.31. The Balaban J connectivity index is 1.53. The summed E-state index contributed by atoms with van der Waals surface area (Å²) in [5, 5.41) is 51.5. The highest BCUT2D eigenvalue weighted by atomic mass is 16.6. The Kier molecular flexibility index (Phi) is 6.10. The summed E-state index contributed by atoms with van der Waals surface area (Å²) in [4.78, 5) is 12.9. The molecule has 4 unspecified atom stereocenters. The first kappa shape index (κ1) is 24.3. The fraction of sp³-hybridized carbons (Fsp3) is 0.269. The molecule has 2 aliphatic heterocycles. The van der Waals surface area contributed by atoms with Crippen LogP contribution in [0.5, 0.6) is 46.0 Å². The number of ether oxygens (including phenoxy) is 5. The molecule has 0 saturated carbocycles. The van der Waals surface area contributed by atoms with Crippen molar-refractivity contribution in [3.63, 3.8) is 0 Å². The fourth-order valence-corrected chi connectivity index (χ4v) is 4.46. The summed E-state index contributed by atoms with van der Waals surface area (Å²) in [7, 11) is 2.78. The monoisotopic (exact) mass is 512 g/mol. The molecule has 0 bridgehead atoms. The summed E-state index contributed by atoms with van der Waals surface area (Å²) < 4.78 is 28.1. The number of phenols is 3. The number of phenolic OH excluding ortho intramolecular Hbond substituents is 3. The van der Waals surface area contributed by atoms with Crippen LogP contribution in [0.1, 0.15) is 33.7 Å². The molecule has 2 aliphatic rings. The van der Waals surface area contributed by atoms with E-state index >= 15 is 0 Å². The minimum atomic E-state index is -1.70. The molecule has 11 heteroatoms. The lowest BCUT2D eigenvalue weighted by Gasteiger charge is -2.35. The van der Waals surface area contributed by atoms with E-state index in [1.165, 1.54) is 50.6 Å². The van der Waals surface area contributed by atoms with Crippen LogP contribution in [0, 0.1) is 0 Å². The van der Waals surface area contributed by atoms with E-state index < -0.39 is 42.6 Å². The van der Waals surface area contributed by atoms with Gasteiger partial charge in [0.25, 0.3) is 0 Å². The van der Waals surface area contributed by atoms with Crippen LogP contribution in [0.25, 0.3) is 0 Å².